The van der Waals surface area contributed by atoms with Crippen LogP contribution in [-0.4, -0.2) is 53.3 Å². The molecular formula is C18H23ClN4O3. The van der Waals surface area contributed by atoms with Crippen LogP contribution >= 0.6 is 12.4 Å². The number of benzene rings is 1. The Kier molecular flexibility index (Phi) is 6.24. The summed E-state index contributed by atoms with van der Waals surface area (Å²) in [4.78, 5) is 19.3. The number of likely N-dealkylation sites (tertiary alicyclic amines) is 1. The van der Waals surface area contributed by atoms with Crippen molar-refractivity contribution in [3.63, 3.8) is 0 Å². The van der Waals surface area contributed by atoms with Gasteiger partial charge in [-0.3, -0.25) is 4.79 Å². The van der Waals surface area contributed by atoms with Gasteiger partial charge in [-0.25, -0.2) is 0 Å². The summed E-state index contributed by atoms with van der Waals surface area (Å²) in [6.45, 7) is 2.61. The van der Waals surface area contributed by atoms with Crippen molar-refractivity contribution in [3.05, 3.63) is 36.2 Å². The minimum atomic E-state index is -0.425. The molecule has 2 fully saturated rings. The molecule has 0 aliphatic carbocycles. The molecule has 0 radical (unpaired) electrons. The normalized spacial score (nSPS) is 23.3. The highest BCUT2D eigenvalue weighted by Crippen LogP contribution is 2.32. The highest BCUT2D eigenvalue weighted by atomic mass is 35.5. The van der Waals surface area contributed by atoms with Crippen molar-refractivity contribution in [2.75, 3.05) is 26.2 Å². The smallest absolute Gasteiger partial charge is 0.253 e. The number of rotatable bonds is 3. The Labute approximate surface area is 158 Å². The lowest BCUT2D eigenvalue weighted by Gasteiger charge is -2.36. The number of carbonyl (C=O) groups excluding carboxylic acids is 1. The van der Waals surface area contributed by atoms with Crippen LogP contribution in [0.25, 0.3) is 11.4 Å². The molecule has 0 spiro atoms. The van der Waals surface area contributed by atoms with Gasteiger partial charge in [0.05, 0.1) is 6.61 Å². The molecule has 26 heavy (non-hydrogen) atoms. The maximum absolute atomic E-state index is 12.9. The van der Waals surface area contributed by atoms with E-state index in [1.165, 1.54) is 0 Å². The maximum atomic E-state index is 12.9. The molecule has 2 aliphatic heterocycles. The van der Waals surface area contributed by atoms with Crippen molar-refractivity contribution >= 4 is 18.3 Å². The molecule has 1 aromatic heterocycles. The van der Waals surface area contributed by atoms with Crippen LogP contribution < -0.4 is 5.32 Å². The van der Waals surface area contributed by atoms with E-state index in [-0.39, 0.29) is 24.4 Å². The Morgan fingerprint density at radius 3 is 2.85 bits per heavy atom. The van der Waals surface area contributed by atoms with Gasteiger partial charge < -0.3 is 19.5 Å². The average molecular weight is 379 g/mol. The summed E-state index contributed by atoms with van der Waals surface area (Å²) < 4.78 is 11.1. The van der Waals surface area contributed by atoms with Crippen molar-refractivity contribution in [1.82, 2.24) is 20.4 Å². The molecule has 4 rings (SSSR count). The minimum Gasteiger partial charge on any atom is -0.366 e. The third-order valence-corrected chi connectivity index (χ3v) is 4.75. The summed E-state index contributed by atoms with van der Waals surface area (Å²) >= 11 is 0. The van der Waals surface area contributed by atoms with Gasteiger partial charge >= 0.3 is 0 Å². The number of morpholine rings is 1. The first-order chi connectivity index (χ1) is 12.3. The zero-order valence-corrected chi connectivity index (χ0v) is 15.3. The summed E-state index contributed by atoms with van der Waals surface area (Å²) in [5.41, 5.74) is 0.908. The van der Waals surface area contributed by atoms with Crippen molar-refractivity contribution < 1.29 is 14.1 Å². The number of nitrogens with zero attached hydrogens (tertiary/aromatic N) is 3. The third kappa shape index (κ3) is 3.90. The summed E-state index contributed by atoms with van der Waals surface area (Å²) in [6.07, 6.45) is 2.44. The van der Waals surface area contributed by atoms with Gasteiger partial charge in [0, 0.05) is 25.2 Å². The van der Waals surface area contributed by atoms with E-state index >= 15 is 0 Å². The molecule has 1 N–H and O–H groups in total. The average Bonchev–Trinajstić information content (AvgIpc) is 3.19. The topological polar surface area (TPSA) is 80.5 Å². The molecule has 7 nitrogen and oxygen atoms in total. The lowest BCUT2D eigenvalue weighted by molar-refractivity contribution is -0.149. The fourth-order valence-corrected chi connectivity index (χ4v) is 3.44. The predicted octanol–water partition coefficient (Wildman–Crippen LogP) is 2.20. The molecular weight excluding hydrogens is 356 g/mol. The van der Waals surface area contributed by atoms with E-state index in [1.54, 1.807) is 0 Å². The number of hydrogen-bond donors (Lipinski definition) is 1. The van der Waals surface area contributed by atoms with Gasteiger partial charge in [0.1, 0.15) is 12.1 Å². The Bertz CT molecular complexity index is 718. The molecule has 3 heterocycles. The number of ether oxygens (including phenoxy) is 1. The van der Waals surface area contributed by atoms with E-state index in [1.807, 2.05) is 35.2 Å². The van der Waals surface area contributed by atoms with Crippen molar-refractivity contribution in [1.29, 1.82) is 0 Å². The van der Waals surface area contributed by atoms with E-state index in [0.717, 1.165) is 31.4 Å². The largest absolute Gasteiger partial charge is 0.366 e. The van der Waals surface area contributed by atoms with Gasteiger partial charge in [-0.2, -0.15) is 4.98 Å². The second-order valence-electron chi connectivity index (χ2n) is 6.43. The molecule has 2 unspecified atom stereocenters. The summed E-state index contributed by atoms with van der Waals surface area (Å²) in [5.74, 6) is 1.08. The van der Waals surface area contributed by atoms with Crippen LogP contribution in [0.2, 0.25) is 0 Å². The lowest BCUT2D eigenvalue weighted by Crippen LogP contribution is -2.51. The second kappa shape index (κ2) is 8.62. The molecule has 2 atom stereocenters. The molecule has 0 saturated carbocycles. The fourth-order valence-electron chi connectivity index (χ4n) is 3.44. The molecule has 140 valence electrons. The van der Waals surface area contributed by atoms with Gasteiger partial charge in [0.15, 0.2) is 0 Å². The molecule has 1 aromatic carbocycles. The Morgan fingerprint density at radius 1 is 1.23 bits per heavy atom. The molecule has 2 saturated heterocycles. The van der Waals surface area contributed by atoms with E-state index in [9.17, 15) is 4.79 Å². The SMILES string of the molecule is Cl.O=C(C1CNCCO1)N1CCCCC1c1nc(-c2ccccc2)no1. The fraction of sp³-hybridized carbons (Fsp3) is 0.500. The first-order valence-electron chi connectivity index (χ1n) is 8.85. The van der Waals surface area contributed by atoms with Gasteiger partial charge in [0.2, 0.25) is 11.7 Å². The molecule has 1 amide bonds. The van der Waals surface area contributed by atoms with Crippen LogP contribution in [0.5, 0.6) is 0 Å². The highest BCUT2D eigenvalue weighted by Gasteiger charge is 2.36. The first-order valence-corrected chi connectivity index (χ1v) is 8.85. The van der Waals surface area contributed by atoms with E-state index in [4.69, 9.17) is 9.26 Å². The van der Waals surface area contributed by atoms with Crippen LogP contribution in [-0.2, 0) is 9.53 Å². The second-order valence-corrected chi connectivity index (χ2v) is 6.43. The van der Waals surface area contributed by atoms with Crippen molar-refractivity contribution in [2.45, 2.75) is 31.4 Å². The highest BCUT2D eigenvalue weighted by molar-refractivity contribution is 5.85. The first kappa shape index (κ1) is 18.8. The molecule has 2 aromatic rings. The van der Waals surface area contributed by atoms with Crippen molar-refractivity contribution in [3.8, 4) is 11.4 Å². The number of piperidine rings is 1. The Hall–Kier alpha value is -1.96. The van der Waals surface area contributed by atoms with E-state index in [2.05, 4.69) is 15.5 Å². The van der Waals surface area contributed by atoms with Crippen molar-refractivity contribution in [2.24, 2.45) is 0 Å². The summed E-state index contributed by atoms with van der Waals surface area (Å²) in [6, 6.07) is 9.55. The number of nitrogens with one attached hydrogen (secondary N) is 1. The van der Waals surface area contributed by atoms with Crippen LogP contribution in [0, 0.1) is 0 Å². The van der Waals surface area contributed by atoms with E-state index < -0.39 is 6.10 Å². The van der Waals surface area contributed by atoms with Crippen LogP contribution in [0.15, 0.2) is 34.9 Å². The standard InChI is InChI=1S/C18H22N4O3.ClH/c23-18(15-12-19-9-11-24-15)22-10-5-4-8-14(22)17-20-16(21-25-17)13-6-2-1-3-7-13;/h1-3,6-7,14-15,19H,4-5,8-12H2;1H. The van der Waals surface area contributed by atoms with Gasteiger partial charge in [0.25, 0.3) is 5.91 Å². The van der Waals surface area contributed by atoms with Gasteiger partial charge in [-0.1, -0.05) is 35.5 Å². The Balaban J connectivity index is 0.00000196. The zero-order chi connectivity index (χ0) is 17.1. The van der Waals surface area contributed by atoms with Crippen LogP contribution in [0.4, 0.5) is 0 Å². The number of aromatic nitrogens is 2. The monoisotopic (exact) mass is 378 g/mol. The predicted molar refractivity (Wildman–Crippen MR) is 97.9 cm³/mol. The number of halogens is 1. The van der Waals surface area contributed by atoms with E-state index in [0.29, 0.717) is 31.4 Å². The van der Waals surface area contributed by atoms with Crippen LogP contribution in [0.1, 0.15) is 31.2 Å². The third-order valence-electron chi connectivity index (χ3n) is 4.75. The number of hydrogen-bond acceptors (Lipinski definition) is 6. The van der Waals surface area contributed by atoms with Gasteiger partial charge in [-0.15, -0.1) is 12.4 Å². The Morgan fingerprint density at radius 2 is 2.08 bits per heavy atom. The quantitative estimate of drug-likeness (QED) is 0.881. The molecule has 0 bridgehead atoms. The minimum absolute atomic E-state index is 0. The lowest BCUT2D eigenvalue weighted by atomic mass is 10.0. The molecule has 8 heteroatoms. The summed E-state index contributed by atoms with van der Waals surface area (Å²) in [5, 5.41) is 7.31. The number of carbonyl (C=O) groups is 1. The zero-order valence-electron chi connectivity index (χ0n) is 14.5. The van der Waals surface area contributed by atoms with Crippen LogP contribution in [0.3, 0.4) is 0 Å². The maximum Gasteiger partial charge on any atom is 0.253 e. The van der Waals surface area contributed by atoms with Gasteiger partial charge in [-0.05, 0) is 19.3 Å². The number of amides is 1. The molecule has 2 aliphatic rings. The summed E-state index contributed by atoms with van der Waals surface area (Å²) in [7, 11) is 0.